The van der Waals surface area contributed by atoms with Crippen LogP contribution >= 0.6 is 0 Å². The Morgan fingerprint density at radius 2 is 1.55 bits per heavy atom. The molecule has 12 nitrogen and oxygen atoms in total. The summed E-state index contributed by atoms with van der Waals surface area (Å²) in [6, 6.07) is -1.84. The average molecular weight is 446 g/mol. The summed E-state index contributed by atoms with van der Waals surface area (Å²) >= 11 is 0. The minimum atomic E-state index is -1.21. The van der Waals surface area contributed by atoms with Gasteiger partial charge in [-0.15, -0.1) is 0 Å². The van der Waals surface area contributed by atoms with E-state index in [0.717, 1.165) is 0 Å². The summed E-state index contributed by atoms with van der Waals surface area (Å²) in [6.07, 6.45) is 2.10. The first-order valence-corrected chi connectivity index (χ1v) is 10.2. The van der Waals surface area contributed by atoms with E-state index >= 15 is 0 Å². The number of ether oxygens (including phenoxy) is 1. The van der Waals surface area contributed by atoms with Gasteiger partial charge in [-0.2, -0.15) is 0 Å². The number of carbonyl (C=O) groups excluding carboxylic acids is 4. The predicted molar refractivity (Wildman–Crippen MR) is 112 cm³/mol. The lowest BCUT2D eigenvalue weighted by Crippen LogP contribution is -2.45. The Morgan fingerprint density at radius 1 is 0.903 bits per heavy atom. The molecule has 0 saturated heterocycles. The van der Waals surface area contributed by atoms with Crippen molar-refractivity contribution in [3.8, 4) is 0 Å². The van der Waals surface area contributed by atoms with Crippen LogP contribution in [-0.2, 0) is 19.1 Å². The third kappa shape index (κ3) is 17.5. The van der Waals surface area contributed by atoms with E-state index in [9.17, 15) is 24.0 Å². The van der Waals surface area contributed by atoms with Gasteiger partial charge in [-0.25, -0.2) is 14.4 Å². The molecule has 0 unspecified atom stereocenters. The Kier molecular flexibility index (Phi) is 13.4. The topological polar surface area (TPSA) is 189 Å². The van der Waals surface area contributed by atoms with Gasteiger partial charge in [-0.3, -0.25) is 9.59 Å². The van der Waals surface area contributed by atoms with E-state index in [0.29, 0.717) is 32.2 Å². The van der Waals surface area contributed by atoms with Crippen LogP contribution < -0.4 is 27.0 Å². The summed E-state index contributed by atoms with van der Waals surface area (Å²) in [6.45, 7) is 5.62. The van der Waals surface area contributed by atoms with E-state index in [2.05, 4.69) is 21.3 Å². The average Bonchev–Trinajstić information content (AvgIpc) is 2.63. The minimum absolute atomic E-state index is 0.104. The first-order chi connectivity index (χ1) is 14.4. The van der Waals surface area contributed by atoms with Crippen molar-refractivity contribution in [1.82, 2.24) is 21.3 Å². The molecular weight excluding hydrogens is 410 g/mol. The van der Waals surface area contributed by atoms with Crippen LogP contribution in [0.15, 0.2) is 0 Å². The Balaban J connectivity index is 3.92. The van der Waals surface area contributed by atoms with Crippen LogP contribution in [0.1, 0.15) is 59.3 Å². The zero-order valence-electron chi connectivity index (χ0n) is 18.4. The number of nitrogens with one attached hydrogen (secondary N) is 4. The van der Waals surface area contributed by atoms with Crippen LogP contribution in [0.5, 0.6) is 0 Å². The molecule has 0 heterocycles. The quantitative estimate of drug-likeness (QED) is 0.206. The third-order valence-electron chi connectivity index (χ3n) is 3.80. The monoisotopic (exact) mass is 445 g/mol. The number of unbranched alkanes of at least 4 members (excludes halogenated alkanes) is 2. The van der Waals surface area contributed by atoms with Gasteiger partial charge >= 0.3 is 18.1 Å². The minimum Gasteiger partial charge on any atom is -0.480 e. The largest absolute Gasteiger partial charge is 0.480 e. The van der Waals surface area contributed by atoms with E-state index in [1.807, 2.05) is 0 Å². The number of aliphatic carboxylic acids is 1. The van der Waals surface area contributed by atoms with Crippen LogP contribution in [0.25, 0.3) is 0 Å². The van der Waals surface area contributed by atoms with Crippen molar-refractivity contribution in [3.05, 3.63) is 0 Å². The predicted octanol–water partition coefficient (Wildman–Crippen LogP) is 0.206. The molecule has 0 bridgehead atoms. The molecule has 0 radical (unpaired) electrons. The fourth-order valence-electron chi connectivity index (χ4n) is 2.38. The van der Waals surface area contributed by atoms with Crippen molar-refractivity contribution >= 4 is 29.9 Å². The molecule has 12 heteroatoms. The number of hydrogen-bond donors (Lipinski definition) is 6. The summed E-state index contributed by atoms with van der Waals surface area (Å²) in [5.74, 6) is -2.16. The molecule has 0 saturated carbocycles. The molecule has 0 aromatic rings. The second kappa shape index (κ2) is 14.9. The summed E-state index contributed by atoms with van der Waals surface area (Å²) in [5.41, 5.74) is 4.36. The van der Waals surface area contributed by atoms with Crippen molar-refractivity contribution in [2.75, 3.05) is 19.6 Å². The zero-order valence-corrected chi connectivity index (χ0v) is 18.4. The Hall–Kier alpha value is -3.05. The first-order valence-electron chi connectivity index (χ1n) is 10.2. The van der Waals surface area contributed by atoms with E-state index in [-0.39, 0.29) is 31.8 Å². The number of carbonyl (C=O) groups is 5. The van der Waals surface area contributed by atoms with E-state index in [1.165, 1.54) is 0 Å². The number of rotatable bonds is 14. The summed E-state index contributed by atoms with van der Waals surface area (Å²) in [4.78, 5) is 56.9. The molecule has 178 valence electrons. The van der Waals surface area contributed by atoms with Gasteiger partial charge in [-0.1, -0.05) is 6.42 Å². The number of nitrogens with two attached hydrogens (primary N) is 1. The van der Waals surface area contributed by atoms with Crippen molar-refractivity contribution in [2.45, 2.75) is 70.9 Å². The molecule has 1 atom stereocenters. The number of alkyl carbamates (subject to hydrolysis) is 1. The molecule has 0 aromatic heterocycles. The lowest BCUT2D eigenvalue weighted by Gasteiger charge is -2.19. The van der Waals surface area contributed by atoms with Gasteiger partial charge in [0.25, 0.3) is 0 Å². The Labute approximate surface area is 182 Å². The van der Waals surface area contributed by atoms with Gasteiger partial charge in [-0.05, 0) is 46.5 Å². The number of urea groups is 1. The van der Waals surface area contributed by atoms with E-state index in [4.69, 9.17) is 15.6 Å². The molecule has 0 aliphatic rings. The fourth-order valence-corrected chi connectivity index (χ4v) is 2.38. The van der Waals surface area contributed by atoms with Gasteiger partial charge in [0, 0.05) is 19.5 Å². The fraction of sp³-hybridized carbons (Fsp3) is 0.737. The van der Waals surface area contributed by atoms with Crippen LogP contribution in [0.4, 0.5) is 9.59 Å². The highest BCUT2D eigenvalue weighted by Gasteiger charge is 2.19. The molecular formula is C19H35N5O7. The smallest absolute Gasteiger partial charge is 0.407 e. The van der Waals surface area contributed by atoms with Crippen molar-refractivity contribution in [1.29, 1.82) is 0 Å². The maximum absolute atomic E-state index is 11.9. The molecule has 5 amide bonds. The number of hydrogen-bond acceptors (Lipinski definition) is 6. The van der Waals surface area contributed by atoms with Crippen LogP contribution in [0, 0.1) is 0 Å². The summed E-state index contributed by atoms with van der Waals surface area (Å²) < 4.78 is 5.11. The highest BCUT2D eigenvalue weighted by Crippen LogP contribution is 2.06. The lowest BCUT2D eigenvalue weighted by atomic mass is 10.1. The maximum atomic E-state index is 11.9. The molecule has 0 aliphatic carbocycles. The van der Waals surface area contributed by atoms with Crippen molar-refractivity contribution in [3.63, 3.8) is 0 Å². The first kappa shape index (κ1) is 27.9. The molecule has 0 fully saturated rings. The maximum Gasteiger partial charge on any atom is 0.407 e. The third-order valence-corrected chi connectivity index (χ3v) is 3.80. The summed E-state index contributed by atoms with van der Waals surface area (Å²) in [7, 11) is 0. The molecule has 0 aromatic carbocycles. The van der Waals surface area contributed by atoms with Crippen molar-refractivity contribution in [2.24, 2.45) is 5.73 Å². The van der Waals surface area contributed by atoms with E-state index in [1.54, 1.807) is 20.8 Å². The lowest BCUT2D eigenvalue weighted by molar-refractivity contribution is -0.141. The van der Waals surface area contributed by atoms with Gasteiger partial charge in [0.15, 0.2) is 0 Å². The van der Waals surface area contributed by atoms with Gasteiger partial charge < -0.3 is 36.8 Å². The molecule has 31 heavy (non-hydrogen) atoms. The number of amides is 5. The van der Waals surface area contributed by atoms with Crippen LogP contribution in [0.2, 0.25) is 0 Å². The second-order valence-electron chi connectivity index (χ2n) is 7.91. The molecule has 0 spiro atoms. The SMILES string of the molecule is CC(C)(C)OC(=O)NCCCCCC(=O)NCC(=O)N[C@@H](CCCNC(N)=O)C(=O)O. The molecule has 0 aliphatic heterocycles. The molecule has 7 N–H and O–H groups in total. The number of carboxylic acid groups (broad SMARTS) is 1. The Morgan fingerprint density at radius 3 is 2.13 bits per heavy atom. The normalized spacial score (nSPS) is 11.7. The zero-order chi connectivity index (χ0) is 23.9. The highest BCUT2D eigenvalue weighted by atomic mass is 16.6. The highest BCUT2D eigenvalue weighted by molar-refractivity contribution is 5.87. The standard InChI is InChI=1S/C19H35N5O7/c1-19(2,3)31-18(30)22-10-6-4-5-9-14(25)23-12-15(26)24-13(16(27)28)8-7-11-21-17(20)29/h13H,4-12H2,1-3H3,(H,22,30)(H,23,25)(H,24,26)(H,27,28)(H3,20,21,29)/t13-/m0/s1. The van der Waals surface area contributed by atoms with Gasteiger partial charge in [0.1, 0.15) is 11.6 Å². The van der Waals surface area contributed by atoms with Gasteiger partial charge in [0.05, 0.1) is 6.54 Å². The number of primary amides is 1. The van der Waals surface area contributed by atoms with E-state index < -0.39 is 35.6 Å². The summed E-state index contributed by atoms with van der Waals surface area (Å²) in [5, 5.41) is 18.9. The van der Waals surface area contributed by atoms with Crippen molar-refractivity contribution < 1.29 is 33.8 Å². The van der Waals surface area contributed by atoms with Crippen LogP contribution in [-0.4, -0.2) is 66.3 Å². The second-order valence-corrected chi connectivity index (χ2v) is 7.91. The van der Waals surface area contributed by atoms with Crippen LogP contribution in [0.3, 0.4) is 0 Å². The van der Waals surface area contributed by atoms with Gasteiger partial charge in [0.2, 0.25) is 11.8 Å². The number of carboxylic acids is 1. The Bertz CT molecular complexity index is 619. The molecule has 0 rings (SSSR count).